The molecular weight excluding hydrogens is 234 g/mol. The second-order valence-corrected chi connectivity index (χ2v) is 6.43. The van der Waals surface area contributed by atoms with E-state index in [2.05, 4.69) is 36.8 Å². The molecule has 4 atom stereocenters. The fraction of sp³-hybridized carbons (Fsp3) is 0.938. The molecule has 3 heteroatoms. The monoisotopic (exact) mass is 263 g/mol. The van der Waals surface area contributed by atoms with E-state index in [0.29, 0.717) is 12.1 Å². The SMILES string of the molecule is CCC1CCC(C#N)C(N2CCN(C)C(CC)C2)C1. The van der Waals surface area contributed by atoms with Crippen LogP contribution >= 0.6 is 0 Å². The summed E-state index contributed by atoms with van der Waals surface area (Å²) in [5.74, 6) is 1.11. The summed E-state index contributed by atoms with van der Waals surface area (Å²) in [5.41, 5.74) is 0. The topological polar surface area (TPSA) is 30.3 Å². The molecule has 3 nitrogen and oxygen atoms in total. The minimum atomic E-state index is 0.267. The van der Waals surface area contributed by atoms with Crippen molar-refractivity contribution in [1.29, 1.82) is 5.26 Å². The van der Waals surface area contributed by atoms with Gasteiger partial charge >= 0.3 is 0 Å². The Bertz CT molecular complexity index is 322. The van der Waals surface area contributed by atoms with Gasteiger partial charge in [0.2, 0.25) is 0 Å². The molecule has 1 aliphatic heterocycles. The average Bonchev–Trinajstić information content (AvgIpc) is 2.47. The third-order valence-electron chi connectivity index (χ3n) is 5.42. The predicted octanol–water partition coefficient (Wildman–Crippen LogP) is 2.73. The summed E-state index contributed by atoms with van der Waals surface area (Å²) < 4.78 is 0. The van der Waals surface area contributed by atoms with Gasteiger partial charge in [-0.15, -0.1) is 0 Å². The predicted molar refractivity (Wildman–Crippen MR) is 78.8 cm³/mol. The summed E-state index contributed by atoms with van der Waals surface area (Å²) in [6, 6.07) is 3.78. The molecule has 0 aromatic heterocycles. The molecule has 0 aromatic rings. The molecule has 108 valence electrons. The van der Waals surface area contributed by atoms with E-state index in [-0.39, 0.29) is 5.92 Å². The molecule has 2 fully saturated rings. The number of piperazine rings is 1. The Kier molecular flexibility index (Phi) is 5.24. The van der Waals surface area contributed by atoms with Crippen LogP contribution in [0.4, 0.5) is 0 Å². The molecule has 0 radical (unpaired) electrons. The lowest BCUT2D eigenvalue weighted by molar-refractivity contribution is 0.0255. The van der Waals surface area contributed by atoms with Crippen molar-refractivity contribution in [3.05, 3.63) is 0 Å². The maximum absolute atomic E-state index is 9.44. The number of hydrogen-bond acceptors (Lipinski definition) is 3. The summed E-state index contributed by atoms with van der Waals surface area (Å²) >= 11 is 0. The lowest BCUT2D eigenvalue weighted by Gasteiger charge is -2.46. The van der Waals surface area contributed by atoms with Crippen LogP contribution in [0, 0.1) is 23.2 Å². The molecule has 1 saturated carbocycles. The van der Waals surface area contributed by atoms with E-state index in [4.69, 9.17) is 0 Å². The van der Waals surface area contributed by atoms with Crippen LogP contribution in [-0.4, -0.2) is 48.6 Å². The molecule has 19 heavy (non-hydrogen) atoms. The normalized spacial score (nSPS) is 38.0. The smallest absolute Gasteiger partial charge is 0.0672 e. The zero-order valence-corrected chi connectivity index (χ0v) is 12.8. The molecule has 0 spiro atoms. The molecule has 0 N–H and O–H groups in total. The summed E-state index contributed by atoms with van der Waals surface area (Å²) in [5, 5.41) is 9.44. The van der Waals surface area contributed by atoms with Crippen molar-refractivity contribution >= 4 is 0 Å². The van der Waals surface area contributed by atoms with E-state index in [1.54, 1.807) is 0 Å². The highest BCUT2D eigenvalue weighted by molar-refractivity contribution is 4.99. The molecule has 1 heterocycles. The van der Waals surface area contributed by atoms with Gasteiger partial charge in [0, 0.05) is 31.7 Å². The van der Waals surface area contributed by atoms with Crippen LogP contribution in [0.25, 0.3) is 0 Å². The fourth-order valence-electron chi connectivity index (χ4n) is 3.87. The molecule has 1 saturated heterocycles. The van der Waals surface area contributed by atoms with E-state index < -0.39 is 0 Å². The first kappa shape index (κ1) is 14.8. The molecule has 0 amide bonds. The lowest BCUT2D eigenvalue weighted by atomic mass is 9.77. The van der Waals surface area contributed by atoms with E-state index in [9.17, 15) is 5.26 Å². The third-order valence-corrected chi connectivity index (χ3v) is 5.42. The second-order valence-electron chi connectivity index (χ2n) is 6.43. The molecular formula is C16H29N3. The summed E-state index contributed by atoms with van der Waals surface area (Å²) in [6.07, 6.45) is 6.11. The number of nitriles is 1. The van der Waals surface area contributed by atoms with Crippen molar-refractivity contribution in [3.63, 3.8) is 0 Å². The van der Waals surface area contributed by atoms with Crippen molar-refractivity contribution in [3.8, 4) is 6.07 Å². The van der Waals surface area contributed by atoms with Gasteiger partial charge in [0.25, 0.3) is 0 Å². The highest BCUT2D eigenvalue weighted by Crippen LogP contribution is 2.34. The largest absolute Gasteiger partial charge is 0.301 e. The fourth-order valence-corrected chi connectivity index (χ4v) is 3.87. The van der Waals surface area contributed by atoms with Crippen LogP contribution in [0.2, 0.25) is 0 Å². The van der Waals surface area contributed by atoms with Gasteiger partial charge < -0.3 is 4.90 Å². The van der Waals surface area contributed by atoms with E-state index in [1.807, 2.05) is 0 Å². The first-order valence-electron chi connectivity index (χ1n) is 8.03. The van der Waals surface area contributed by atoms with Gasteiger partial charge in [-0.25, -0.2) is 0 Å². The maximum atomic E-state index is 9.44. The van der Waals surface area contributed by atoms with Gasteiger partial charge in [-0.3, -0.25) is 4.90 Å². The van der Waals surface area contributed by atoms with Crippen LogP contribution in [0.1, 0.15) is 46.0 Å². The molecule has 1 aliphatic carbocycles. The number of nitrogens with zero attached hydrogens (tertiary/aromatic N) is 3. The van der Waals surface area contributed by atoms with Gasteiger partial charge in [-0.05, 0) is 38.6 Å². The Morgan fingerprint density at radius 2 is 1.95 bits per heavy atom. The van der Waals surface area contributed by atoms with Crippen molar-refractivity contribution < 1.29 is 0 Å². The van der Waals surface area contributed by atoms with Crippen molar-refractivity contribution in [1.82, 2.24) is 9.80 Å². The van der Waals surface area contributed by atoms with Crippen molar-refractivity contribution in [2.24, 2.45) is 11.8 Å². The van der Waals surface area contributed by atoms with Crippen LogP contribution in [0.3, 0.4) is 0 Å². The standard InChI is InChI=1S/C16H29N3/c1-4-13-6-7-14(11-17)16(10-13)19-9-8-18(3)15(5-2)12-19/h13-16H,4-10,12H2,1-3H3. The third kappa shape index (κ3) is 3.30. The van der Waals surface area contributed by atoms with Crippen molar-refractivity contribution in [2.45, 2.75) is 58.0 Å². The summed E-state index contributed by atoms with van der Waals surface area (Å²) in [7, 11) is 2.24. The lowest BCUT2D eigenvalue weighted by Crippen LogP contribution is -2.56. The van der Waals surface area contributed by atoms with Crippen LogP contribution < -0.4 is 0 Å². The average molecular weight is 263 g/mol. The Morgan fingerprint density at radius 3 is 2.58 bits per heavy atom. The quantitative estimate of drug-likeness (QED) is 0.784. The first-order valence-corrected chi connectivity index (χ1v) is 8.03. The van der Waals surface area contributed by atoms with Gasteiger partial charge in [0.15, 0.2) is 0 Å². The highest BCUT2D eigenvalue weighted by atomic mass is 15.3. The van der Waals surface area contributed by atoms with Crippen LogP contribution in [0.15, 0.2) is 0 Å². The van der Waals surface area contributed by atoms with Gasteiger partial charge in [-0.1, -0.05) is 20.3 Å². The molecule has 0 bridgehead atoms. The first-order chi connectivity index (χ1) is 9.19. The maximum Gasteiger partial charge on any atom is 0.0672 e. The molecule has 4 unspecified atom stereocenters. The van der Waals surface area contributed by atoms with Crippen LogP contribution in [-0.2, 0) is 0 Å². The highest BCUT2D eigenvalue weighted by Gasteiger charge is 2.36. The van der Waals surface area contributed by atoms with E-state index in [0.717, 1.165) is 32.0 Å². The zero-order chi connectivity index (χ0) is 13.8. The minimum Gasteiger partial charge on any atom is -0.301 e. The van der Waals surface area contributed by atoms with Gasteiger partial charge in [0.05, 0.1) is 12.0 Å². The van der Waals surface area contributed by atoms with Crippen LogP contribution in [0.5, 0.6) is 0 Å². The minimum absolute atomic E-state index is 0.267. The summed E-state index contributed by atoms with van der Waals surface area (Å²) in [6.45, 7) is 8.04. The Labute approximate surface area is 118 Å². The Balaban J connectivity index is 2.03. The molecule has 2 aliphatic rings. The zero-order valence-electron chi connectivity index (χ0n) is 12.8. The van der Waals surface area contributed by atoms with E-state index in [1.165, 1.54) is 25.7 Å². The Morgan fingerprint density at radius 1 is 1.16 bits per heavy atom. The summed E-state index contributed by atoms with van der Waals surface area (Å²) in [4.78, 5) is 5.11. The number of hydrogen-bond donors (Lipinski definition) is 0. The Hall–Kier alpha value is -0.590. The number of likely N-dealkylation sites (N-methyl/N-ethyl adjacent to an activating group) is 1. The van der Waals surface area contributed by atoms with Crippen molar-refractivity contribution in [2.75, 3.05) is 26.7 Å². The molecule has 2 rings (SSSR count). The van der Waals surface area contributed by atoms with Gasteiger partial charge in [-0.2, -0.15) is 5.26 Å². The molecule has 0 aromatic carbocycles. The van der Waals surface area contributed by atoms with E-state index >= 15 is 0 Å². The van der Waals surface area contributed by atoms with Gasteiger partial charge in [0.1, 0.15) is 0 Å². The second kappa shape index (κ2) is 6.72. The number of rotatable bonds is 3.